The minimum atomic E-state index is -0.520. The van der Waals surface area contributed by atoms with Crippen LogP contribution >= 0.6 is 0 Å². The molecule has 0 saturated heterocycles. The average molecular weight is 286 g/mol. The summed E-state index contributed by atoms with van der Waals surface area (Å²) in [7, 11) is 3.57. The van der Waals surface area contributed by atoms with Crippen molar-refractivity contribution in [3.63, 3.8) is 0 Å². The molecular formula is C15H30N2O3. The molecule has 2 unspecified atom stereocenters. The lowest BCUT2D eigenvalue weighted by Gasteiger charge is -2.31. The molecule has 20 heavy (non-hydrogen) atoms. The first-order chi connectivity index (χ1) is 9.45. The minimum Gasteiger partial charge on any atom is -0.468 e. The van der Waals surface area contributed by atoms with Gasteiger partial charge < -0.3 is 14.4 Å². The van der Waals surface area contributed by atoms with Crippen molar-refractivity contribution >= 4 is 5.97 Å². The summed E-state index contributed by atoms with van der Waals surface area (Å²) in [5, 5.41) is 3.43. The zero-order valence-corrected chi connectivity index (χ0v) is 13.6. The fourth-order valence-electron chi connectivity index (χ4n) is 3.05. The van der Waals surface area contributed by atoms with Crippen LogP contribution in [0.3, 0.4) is 0 Å². The highest BCUT2D eigenvalue weighted by atomic mass is 16.5. The molecular weight excluding hydrogens is 256 g/mol. The summed E-state index contributed by atoms with van der Waals surface area (Å²) in [4.78, 5) is 14.5. The average Bonchev–Trinajstić information content (AvgIpc) is 2.82. The Labute approximate surface area is 123 Å². The minimum absolute atomic E-state index is 0.132. The molecule has 5 nitrogen and oxygen atoms in total. The maximum Gasteiger partial charge on any atom is 0.326 e. The number of ether oxygens (including phenoxy) is 2. The van der Waals surface area contributed by atoms with Crippen molar-refractivity contribution in [3.05, 3.63) is 0 Å². The number of likely N-dealkylation sites (N-methyl/N-ethyl adjacent to an activating group) is 1. The summed E-state index contributed by atoms with van der Waals surface area (Å²) in [5.41, 5.74) is -0.520. The zero-order valence-electron chi connectivity index (χ0n) is 13.6. The number of hydrogen-bond donors (Lipinski definition) is 1. The van der Waals surface area contributed by atoms with Gasteiger partial charge in [0, 0.05) is 25.2 Å². The number of nitrogens with one attached hydrogen (secondary N) is 1. The van der Waals surface area contributed by atoms with Crippen molar-refractivity contribution in [1.82, 2.24) is 10.2 Å². The number of hydrogen-bond acceptors (Lipinski definition) is 5. The molecule has 0 aromatic rings. The van der Waals surface area contributed by atoms with E-state index >= 15 is 0 Å². The second-order valence-corrected chi connectivity index (χ2v) is 5.95. The highest BCUT2D eigenvalue weighted by Crippen LogP contribution is 2.34. The first-order valence-corrected chi connectivity index (χ1v) is 7.59. The predicted molar refractivity (Wildman–Crippen MR) is 79.8 cm³/mol. The third-order valence-corrected chi connectivity index (χ3v) is 4.05. The van der Waals surface area contributed by atoms with Gasteiger partial charge in [0.2, 0.25) is 0 Å². The van der Waals surface area contributed by atoms with E-state index in [4.69, 9.17) is 9.47 Å². The van der Waals surface area contributed by atoms with E-state index in [2.05, 4.69) is 31.1 Å². The molecule has 1 aliphatic rings. The summed E-state index contributed by atoms with van der Waals surface area (Å²) in [5.74, 6) is -0.132. The topological polar surface area (TPSA) is 50.8 Å². The van der Waals surface area contributed by atoms with Crippen molar-refractivity contribution < 1.29 is 14.3 Å². The number of esters is 1. The summed E-state index contributed by atoms with van der Waals surface area (Å²) < 4.78 is 10.4. The highest BCUT2D eigenvalue weighted by molar-refractivity contribution is 5.81. The largest absolute Gasteiger partial charge is 0.468 e. The summed E-state index contributed by atoms with van der Waals surface area (Å²) in [6.45, 7) is 8.53. The lowest BCUT2D eigenvalue weighted by Crippen LogP contribution is -2.54. The molecule has 0 aromatic carbocycles. The Bertz CT molecular complexity index is 309. The van der Waals surface area contributed by atoms with E-state index in [0.29, 0.717) is 6.04 Å². The lowest BCUT2D eigenvalue weighted by molar-refractivity contribution is -0.149. The molecule has 0 aromatic heterocycles. The van der Waals surface area contributed by atoms with E-state index in [-0.39, 0.29) is 12.0 Å². The van der Waals surface area contributed by atoms with Crippen LogP contribution in [0.4, 0.5) is 0 Å². The summed E-state index contributed by atoms with van der Waals surface area (Å²) in [6.07, 6.45) is 2.65. The molecule has 1 rings (SSSR count). The second-order valence-electron chi connectivity index (χ2n) is 5.95. The van der Waals surface area contributed by atoms with Crippen LogP contribution in [0.15, 0.2) is 0 Å². The first kappa shape index (κ1) is 17.4. The molecule has 5 heteroatoms. The quantitative estimate of drug-likeness (QED) is 0.540. The Kier molecular flexibility index (Phi) is 6.92. The second kappa shape index (κ2) is 7.96. The van der Waals surface area contributed by atoms with Crippen LogP contribution in [-0.2, 0) is 14.3 Å². The van der Waals surface area contributed by atoms with Crippen LogP contribution in [0.25, 0.3) is 0 Å². The molecule has 0 radical (unpaired) electrons. The van der Waals surface area contributed by atoms with Crippen molar-refractivity contribution in [1.29, 1.82) is 0 Å². The molecule has 1 saturated carbocycles. The molecule has 1 aliphatic carbocycles. The van der Waals surface area contributed by atoms with E-state index in [1.165, 1.54) is 7.11 Å². The standard InChI is InChI=1S/C15H30N2O3/c1-6-20-10-9-17(4)13-7-8-15(11-13,14(18)19-5)16-12(2)3/h12-13,16H,6-11H2,1-5H3. The van der Waals surface area contributed by atoms with Crippen molar-refractivity contribution in [2.45, 2.75) is 57.7 Å². The van der Waals surface area contributed by atoms with Crippen molar-refractivity contribution in [2.24, 2.45) is 0 Å². The third kappa shape index (κ3) is 4.43. The van der Waals surface area contributed by atoms with Gasteiger partial charge in [-0.05, 0) is 47.1 Å². The number of nitrogens with zero attached hydrogens (tertiary/aromatic N) is 1. The molecule has 0 heterocycles. The van der Waals surface area contributed by atoms with Crippen LogP contribution in [0.1, 0.15) is 40.0 Å². The SMILES string of the molecule is CCOCCN(C)C1CCC(NC(C)C)(C(=O)OC)C1. The van der Waals surface area contributed by atoms with Gasteiger partial charge in [-0.15, -0.1) is 0 Å². The first-order valence-electron chi connectivity index (χ1n) is 7.59. The molecule has 1 N–H and O–H groups in total. The van der Waals surface area contributed by atoms with Gasteiger partial charge in [0.15, 0.2) is 0 Å². The van der Waals surface area contributed by atoms with Gasteiger partial charge in [0.1, 0.15) is 5.54 Å². The predicted octanol–water partition coefficient (Wildman–Crippen LogP) is 1.42. The van der Waals surface area contributed by atoms with Crippen LogP contribution < -0.4 is 5.32 Å². The summed E-state index contributed by atoms with van der Waals surface area (Å²) in [6, 6.07) is 0.669. The van der Waals surface area contributed by atoms with E-state index in [1.807, 2.05) is 6.92 Å². The van der Waals surface area contributed by atoms with Crippen molar-refractivity contribution in [3.8, 4) is 0 Å². The van der Waals surface area contributed by atoms with Crippen LogP contribution in [0, 0.1) is 0 Å². The van der Waals surface area contributed by atoms with Gasteiger partial charge >= 0.3 is 5.97 Å². The monoisotopic (exact) mass is 286 g/mol. The fourth-order valence-corrected chi connectivity index (χ4v) is 3.05. The van der Waals surface area contributed by atoms with E-state index in [1.54, 1.807) is 0 Å². The van der Waals surface area contributed by atoms with Crippen LogP contribution in [-0.4, -0.2) is 62.4 Å². The molecule has 0 amide bonds. The van der Waals surface area contributed by atoms with Gasteiger partial charge in [-0.25, -0.2) is 0 Å². The van der Waals surface area contributed by atoms with Gasteiger partial charge in [-0.3, -0.25) is 10.1 Å². The normalized spacial score (nSPS) is 26.4. The highest BCUT2D eigenvalue weighted by Gasteiger charge is 2.47. The number of rotatable bonds is 8. The molecule has 118 valence electrons. The number of carbonyl (C=O) groups excluding carboxylic acids is 1. The van der Waals surface area contributed by atoms with Crippen molar-refractivity contribution in [2.75, 3.05) is 33.9 Å². The van der Waals surface area contributed by atoms with E-state index in [9.17, 15) is 4.79 Å². The van der Waals surface area contributed by atoms with Gasteiger partial charge in [-0.1, -0.05) is 0 Å². The fraction of sp³-hybridized carbons (Fsp3) is 0.933. The van der Waals surface area contributed by atoms with Gasteiger partial charge in [0.25, 0.3) is 0 Å². The molecule has 2 atom stereocenters. The molecule has 1 fully saturated rings. The third-order valence-electron chi connectivity index (χ3n) is 4.05. The number of carbonyl (C=O) groups is 1. The smallest absolute Gasteiger partial charge is 0.326 e. The van der Waals surface area contributed by atoms with E-state index in [0.717, 1.165) is 39.0 Å². The Morgan fingerprint density at radius 3 is 2.75 bits per heavy atom. The Balaban J connectivity index is 2.62. The Hall–Kier alpha value is -0.650. The van der Waals surface area contributed by atoms with Crippen LogP contribution in [0.2, 0.25) is 0 Å². The summed E-state index contributed by atoms with van der Waals surface area (Å²) >= 11 is 0. The molecule has 0 spiro atoms. The van der Waals surface area contributed by atoms with E-state index < -0.39 is 5.54 Å². The number of methoxy groups -OCH3 is 1. The van der Waals surface area contributed by atoms with Gasteiger partial charge in [-0.2, -0.15) is 0 Å². The Morgan fingerprint density at radius 1 is 1.50 bits per heavy atom. The Morgan fingerprint density at radius 2 is 2.20 bits per heavy atom. The van der Waals surface area contributed by atoms with Gasteiger partial charge in [0.05, 0.1) is 13.7 Å². The maximum absolute atomic E-state index is 12.2. The zero-order chi connectivity index (χ0) is 15.2. The lowest BCUT2D eigenvalue weighted by atomic mass is 9.96. The maximum atomic E-state index is 12.2. The molecule has 0 aliphatic heterocycles. The molecule has 0 bridgehead atoms. The van der Waals surface area contributed by atoms with Crippen LogP contribution in [0.5, 0.6) is 0 Å².